The number of pyridine rings is 2. The van der Waals surface area contributed by atoms with E-state index in [9.17, 15) is 5.11 Å². The summed E-state index contributed by atoms with van der Waals surface area (Å²) in [7, 11) is 0. The second-order valence-electron chi connectivity index (χ2n) is 10.3. The first-order chi connectivity index (χ1) is 17.3. The average Bonchev–Trinajstić information content (AvgIpc) is 3.17. The van der Waals surface area contributed by atoms with E-state index < -0.39 is 0 Å². The van der Waals surface area contributed by atoms with Crippen molar-refractivity contribution in [2.24, 2.45) is 0 Å². The molecule has 0 bridgehead atoms. The molecule has 3 aromatic carbocycles. The molecule has 0 amide bonds. The third-order valence-corrected chi connectivity index (χ3v) is 6.63. The molecule has 5 heteroatoms. The number of phenols is 1. The highest BCUT2D eigenvalue weighted by atomic mass is 16.5. The molecule has 0 fully saturated rings. The lowest BCUT2D eigenvalue weighted by molar-refractivity contribution is 0.460. The summed E-state index contributed by atoms with van der Waals surface area (Å²) in [5, 5.41) is 13.4. The van der Waals surface area contributed by atoms with Crippen LogP contribution in [-0.2, 0) is 5.41 Å². The minimum absolute atomic E-state index is 0.0422. The first kappa shape index (κ1) is 22.1. The van der Waals surface area contributed by atoms with Gasteiger partial charge in [-0.1, -0.05) is 39.0 Å². The van der Waals surface area contributed by atoms with Crippen LogP contribution in [0.2, 0.25) is 0 Å². The zero-order valence-corrected chi connectivity index (χ0v) is 20.8. The SMILES string of the molecule is Cc1ccnc(-n2c3ccc(C(C)(C)C)cc3c3ccc(Oc4ccc5cccc(O)c5n4)cc32)c1. The Kier molecular flexibility index (Phi) is 4.97. The van der Waals surface area contributed by atoms with Gasteiger partial charge in [0.2, 0.25) is 5.88 Å². The standard InChI is InChI=1S/C31H27N3O2/c1-19-14-15-32-28(16-19)34-25-12-9-21(31(2,3)4)17-24(25)23-11-10-22(18-26(23)34)36-29-13-8-20-6-5-7-27(35)30(20)33-29/h5-18,35H,1-4H3. The van der Waals surface area contributed by atoms with E-state index in [1.54, 1.807) is 12.1 Å². The van der Waals surface area contributed by atoms with Crippen LogP contribution in [0.5, 0.6) is 17.4 Å². The predicted molar refractivity (Wildman–Crippen MR) is 145 cm³/mol. The fourth-order valence-corrected chi connectivity index (χ4v) is 4.71. The minimum Gasteiger partial charge on any atom is -0.506 e. The summed E-state index contributed by atoms with van der Waals surface area (Å²) < 4.78 is 8.37. The Morgan fingerprint density at radius 2 is 1.69 bits per heavy atom. The Morgan fingerprint density at radius 3 is 2.50 bits per heavy atom. The number of hydrogen-bond acceptors (Lipinski definition) is 4. The number of nitrogens with zero attached hydrogens (tertiary/aromatic N) is 3. The van der Waals surface area contributed by atoms with Crippen LogP contribution in [0.4, 0.5) is 0 Å². The maximum absolute atomic E-state index is 10.2. The fraction of sp³-hybridized carbons (Fsp3) is 0.161. The number of fused-ring (bicyclic) bond motifs is 4. The second-order valence-corrected chi connectivity index (χ2v) is 10.3. The molecule has 6 aromatic rings. The number of para-hydroxylation sites is 1. The number of ether oxygens (including phenoxy) is 1. The number of hydrogen-bond donors (Lipinski definition) is 1. The van der Waals surface area contributed by atoms with Crippen molar-refractivity contribution in [2.45, 2.75) is 33.1 Å². The van der Waals surface area contributed by atoms with Crippen molar-refractivity contribution in [2.75, 3.05) is 0 Å². The number of aromatic hydroxyl groups is 1. The van der Waals surface area contributed by atoms with Crippen molar-refractivity contribution in [3.05, 3.63) is 96.2 Å². The van der Waals surface area contributed by atoms with Gasteiger partial charge in [-0.05, 0) is 72.0 Å². The van der Waals surface area contributed by atoms with Gasteiger partial charge in [0.1, 0.15) is 22.8 Å². The summed E-state index contributed by atoms with van der Waals surface area (Å²) in [6, 6.07) is 26.0. The molecule has 3 heterocycles. The highest BCUT2D eigenvalue weighted by molar-refractivity contribution is 6.09. The molecular weight excluding hydrogens is 446 g/mol. The molecule has 0 unspecified atom stereocenters. The first-order valence-electron chi connectivity index (χ1n) is 12.1. The Morgan fingerprint density at radius 1 is 0.833 bits per heavy atom. The third-order valence-electron chi connectivity index (χ3n) is 6.63. The molecule has 5 nitrogen and oxygen atoms in total. The van der Waals surface area contributed by atoms with E-state index in [4.69, 9.17) is 9.72 Å². The highest BCUT2D eigenvalue weighted by Gasteiger charge is 2.19. The lowest BCUT2D eigenvalue weighted by Crippen LogP contribution is -2.10. The van der Waals surface area contributed by atoms with Gasteiger partial charge >= 0.3 is 0 Å². The van der Waals surface area contributed by atoms with Gasteiger partial charge in [-0.3, -0.25) is 4.57 Å². The lowest BCUT2D eigenvalue weighted by atomic mass is 9.86. The van der Waals surface area contributed by atoms with E-state index in [0.717, 1.165) is 33.2 Å². The molecule has 178 valence electrons. The number of phenolic OH excluding ortho intramolecular Hbond substituents is 1. The zero-order chi connectivity index (χ0) is 25.0. The van der Waals surface area contributed by atoms with Gasteiger partial charge < -0.3 is 9.84 Å². The van der Waals surface area contributed by atoms with Gasteiger partial charge in [0.05, 0.1) is 11.0 Å². The van der Waals surface area contributed by atoms with Crippen molar-refractivity contribution in [3.8, 4) is 23.2 Å². The molecule has 3 aromatic heterocycles. The summed E-state index contributed by atoms with van der Waals surface area (Å²) in [4.78, 5) is 9.23. The summed E-state index contributed by atoms with van der Waals surface area (Å²) >= 11 is 0. The van der Waals surface area contributed by atoms with Crippen LogP contribution < -0.4 is 4.74 Å². The smallest absolute Gasteiger partial charge is 0.219 e. The molecule has 0 atom stereocenters. The molecule has 0 aliphatic heterocycles. The monoisotopic (exact) mass is 473 g/mol. The van der Waals surface area contributed by atoms with Gasteiger partial charge in [-0.15, -0.1) is 0 Å². The molecule has 0 spiro atoms. The average molecular weight is 474 g/mol. The van der Waals surface area contributed by atoms with Crippen LogP contribution in [0.3, 0.4) is 0 Å². The van der Waals surface area contributed by atoms with Crippen LogP contribution in [0.1, 0.15) is 31.9 Å². The number of rotatable bonds is 3. The zero-order valence-electron chi connectivity index (χ0n) is 20.8. The Bertz CT molecular complexity index is 1780. The summed E-state index contributed by atoms with van der Waals surface area (Å²) in [6.45, 7) is 8.77. The van der Waals surface area contributed by atoms with Crippen LogP contribution >= 0.6 is 0 Å². The maximum atomic E-state index is 10.2. The van der Waals surface area contributed by atoms with Crippen molar-refractivity contribution in [1.82, 2.24) is 14.5 Å². The van der Waals surface area contributed by atoms with E-state index in [-0.39, 0.29) is 11.2 Å². The van der Waals surface area contributed by atoms with Crippen LogP contribution in [0.25, 0.3) is 38.5 Å². The minimum atomic E-state index is 0.0422. The van der Waals surface area contributed by atoms with Crippen molar-refractivity contribution >= 4 is 32.7 Å². The molecule has 1 N–H and O–H groups in total. The third kappa shape index (κ3) is 3.73. The number of benzene rings is 3. The molecule has 36 heavy (non-hydrogen) atoms. The Labute approximate surface area is 209 Å². The molecule has 0 saturated heterocycles. The number of aryl methyl sites for hydroxylation is 1. The van der Waals surface area contributed by atoms with E-state index >= 15 is 0 Å². The highest BCUT2D eigenvalue weighted by Crippen LogP contribution is 2.37. The predicted octanol–water partition coefficient (Wildman–Crippen LogP) is 7.83. The normalized spacial score (nSPS) is 12.0. The summed E-state index contributed by atoms with van der Waals surface area (Å²) in [6.07, 6.45) is 1.84. The lowest BCUT2D eigenvalue weighted by Gasteiger charge is -2.19. The van der Waals surface area contributed by atoms with E-state index in [0.29, 0.717) is 17.1 Å². The Hall–Kier alpha value is -4.38. The topological polar surface area (TPSA) is 60.2 Å². The van der Waals surface area contributed by atoms with Gasteiger partial charge in [-0.25, -0.2) is 9.97 Å². The van der Waals surface area contributed by atoms with Gasteiger partial charge in [-0.2, -0.15) is 0 Å². The largest absolute Gasteiger partial charge is 0.506 e. The second kappa shape index (κ2) is 8.09. The molecule has 6 rings (SSSR count). The van der Waals surface area contributed by atoms with Crippen LogP contribution in [0, 0.1) is 6.92 Å². The van der Waals surface area contributed by atoms with Crippen molar-refractivity contribution in [3.63, 3.8) is 0 Å². The van der Waals surface area contributed by atoms with Crippen molar-refractivity contribution in [1.29, 1.82) is 0 Å². The summed E-state index contributed by atoms with van der Waals surface area (Å²) in [5.74, 6) is 2.09. The molecule has 0 radical (unpaired) electrons. The van der Waals surface area contributed by atoms with E-state index in [2.05, 4.69) is 67.6 Å². The fourth-order valence-electron chi connectivity index (χ4n) is 4.71. The van der Waals surface area contributed by atoms with E-state index in [1.807, 2.05) is 42.6 Å². The van der Waals surface area contributed by atoms with Crippen molar-refractivity contribution < 1.29 is 9.84 Å². The van der Waals surface area contributed by atoms with Gasteiger partial charge in [0.15, 0.2) is 0 Å². The molecule has 0 aliphatic carbocycles. The van der Waals surface area contributed by atoms with Crippen LogP contribution in [0.15, 0.2) is 85.1 Å². The molecular formula is C31H27N3O2. The molecule has 0 saturated carbocycles. The quantitative estimate of drug-likeness (QED) is 0.284. The summed E-state index contributed by atoms with van der Waals surface area (Å²) in [5.41, 5.74) is 5.10. The van der Waals surface area contributed by atoms with Gasteiger partial charge in [0.25, 0.3) is 0 Å². The van der Waals surface area contributed by atoms with Gasteiger partial charge in [0, 0.05) is 34.5 Å². The number of aromatic nitrogens is 3. The molecule has 0 aliphatic rings. The van der Waals surface area contributed by atoms with E-state index in [1.165, 1.54) is 10.9 Å². The Balaban J connectivity index is 1.54. The first-order valence-corrected chi connectivity index (χ1v) is 12.1. The van der Waals surface area contributed by atoms with Crippen LogP contribution in [-0.4, -0.2) is 19.6 Å². The maximum Gasteiger partial charge on any atom is 0.219 e.